The minimum Gasteiger partial charge on any atom is -0.489 e. The standard InChI is InChI=1S/C35H58N2O5Si.C22H30N2O4.C13H28O2Si/c1-33(2,3)42-32(39)37-30(23-27-17-19-29(20-18-27)40-25-28-15-12-11-13-16-28)31(38)24-36-26-35(7,8)21-14-22-41-43(9,10)34(4,5)6;1-22(2,3)28-21(26)24-19(20(25)14-23)13-16-9-11-18(12-10-16)27-15-17-7-5-4-6-8-17;1-12(2,3)16(6,7)15-10-8-9-13(4,5)11-14/h11-13,15-20,30-31,36,38H,14,21-26H2,1-10H3,(H,37,39);4-12,19-20,25H,13-15,23H2,1-3H3,(H,24,26);11H,8-10H2,1-7H3/t30-,31+;19-,20+;/m00./s1. The van der Waals surface area contributed by atoms with E-state index in [-0.39, 0.29) is 27.5 Å². The Labute approximate surface area is 527 Å². The molecule has 490 valence electrons. The Morgan fingerprint density at radius 1 is 0.529 bits per heavy atom. The lowest BCUT2D eigenvalue weighted by Crippen LogP contribution is -2.50. The molecule has 15 nitrogen and oxygen atoms in total. The third-order valence-corrected chi connectivity index (χ3v) is 24.7. The van der Waals surface area contributed by atoms with Crippen molar-refractivity contribution in [2.45, 2.75) is 234 Å². The number of carbonyl (C=O) groups excluding carboxylic acids is 3. The van der Waals surface area contributed by atoms with E-state index in [2.05, 4.69) is 97.5 Å². The predicted molar refractivity (Wildman–Crippen MR) is 360 cm³/mol. The molecule has 17 heteroatoms. The molecule has 0 unspecified atom stereocenters. The van der Waals surface area contributed by atoms with Gasteiger partial charge < -0.3 is 64.5 Å². The Balaban J connectivity index is 0.000000499. The second-order valence-corrected chi connectivity index (χ2v) is 39.1. The molecule has 0 aliphatic rings. The molecule has 4 aromatic carbocycles. The summed E-state index contributed by atoms with van der Waals surface area (Å²) in [6.07, 6.45) is 3.02. The van der Waals surface area contributed by atoms with Crippen molar-refractivity contribution in [1.82, 2.24) is 16.0 Å². The minimum absolute atomic E-state index is 0.0404. The van der Waals surface area contributed by atoms with Crippen LogP contribution in [0.1, 0.15) is 159 Å². The molecule has 0 aromatic heterocycles. The predicted octanol–water partition coefficient (Wildman–Crippen LogP) is 14.5. The van der Waals surface area contributed by atoms with Gasteiger partial charge in [-0.3, -0.25) is 0 Å². The van der Waals surface area contributed by atoms with Gasteiger partial charge in [0, 0.05) is 38.3 Å². The average Bonchev–Trinajstić information content (AvgIpc) is 2.77. The molecular formula is C70H116N4O11Si2. The van der Waals surface area contributed by atoms with Gasteiger partial charge in [0.15, 0.2) is 16.6 Å². The fraction of sp³-hybridized carbons (Fsp3) is 0.614. The Bertz CT molecular complexity index is 2560. The molecule has 0 aliphatic carbocycles. The summed E-state index contributed by atoms with van der Waals surface area (Å²) in [7, 11) is -3.34. The maximum Gasteiger partial charge on any atom is 0.407 e. The zero-order valence-corrected chi connectivity index (χ0v) is 59.1. The molecule has 0 fully saturated rings. The number of ether oxygens (including phenoxy) is 4. The first kappa shape index (κ1) is 78.0. The first-order chi connectivity index (χ1) is 40.1. The Kier molecular flexibility index (Phi) is 32.2. The average molecular weight is 1250 g/mol. The first-order valence-electron chi connectivity index (χ1n) is 31.2. The molecule has 0 saturated carbocycles. The number of aliphatic hydroxyl groups is 2. The van der Waals surface area contributed by atoms with Gasteiger partial charge in [-0.05, 0) is 168 Å². The molecule has 4 atom stereocenters. The van der Waals surface area contributed by atoms with Crippen LogP contribution < -0.4 is 31.2 Å². The summed E-state index contributed by atoms with van der Waals surface area (Å²) in [6.45, 7) is 45.6. The second kappa shape index (κ2) is 35.9. The van der Waals surface area contributed by atoms with Crippen LogP contribution in [-0.4, -0.2) is 114 Å². The molecule has 4 aromatic rings. The molecule has 0 bridgehead atoms. The summed E-state index contributed by atoms with van der Waals surface area (Å²) in [6, 6.07) is 34.2. The van der Waals surface area contributed by atoms with Crippen LogP contribution in [0, 0.1) is 10.8 Å². The van der Waals surface area contributed by atoms with Crippen LogP contribution in [0.15, 0.2) is 109 Å². The van der Waals surface area contributed by atoms with Crippen molar-refractivity contribution in [3.05, 3.63) is 131 Å². The molecule has 4 rings (SSSR count). The summed E-state index contributed by atoms with van der Waals surface area (Å²) in [4.78, 5) is 35.4. The number of hydrogen-bond acceptors (Lipinski definition) is 13. The molecule has 7 N–H and O–H groups in total. The Hall–Kier alpha value is -5.12. The SMILES string of the molecule is CC(C)(C)OC(=O)N[C@@H](Cc1ccc(OCc2ccccc2)cc1)[C@H](O)CN.CC(C)(C=O)CCCO[Si](C)(C)C(C)(C)C.CC(C)(CCCO[Si](C)(C)C(C)(C)C)CNC[C@@H](O)[C@H](Cc1ccc(OCc2ccccc2)cc1)NC(=O)OC(C)(C)C. The Morgan fingerprint density at radius 2 is 0.897 bits per heavy atom. The number of hydrogen-bond donors (Lipinski definition) is 6. The van der Waals surface area contributed by atoms with Crippen LogP contribution in [0.3, 0.4) is 0 Å². The highest BCUT2D eigenvalue weighted by Crippen LogP contribution is 2.38. The van der Waals surface area contributed by atoms with Crippen molar-refractivity contribution >= 4 is 35.1 Å². The lowest BCUT2D eigenvalue weighted by molar-refractivity contribution is -0.115. The number of carbonyl (C=O) groups is 3. The van der Waals surface area contributed by atoms with Crippen LogP contribution in [0.4, 0.5) is 9.59 Å². The first-order valence-corrected chi connectivity index (χ1v) is 37.0. The summed E-state index contributed by atoms with van der Waals surface area (Å²) >= 11 is 0. The maximum absolute atomic E-state index is 12.7. The van der Waals surface area contributed by atoms with Crippen molar-refractivity contribution in [1.29, 1.82) is 0 Å². The topological polar surface area (TPSA) is 209 Å². The van der Waals surface area contributed by atoms with Gasteiger partial charge in [-0.25, -0.2) is 9.59 Å². The molecule has 2 amide bonds. The maximum atomic E-state index is 12.7. The van der Waals surface area contributed by atoms with Crippen molar-refractivity contribution < 1.29 is 52.4 Å². The smallest absolute Gasteiger partial charge is 0.407 e. The van der Waals surface area contributed by atoms with E-state index in [9.17, 15) is 24.6 Å². The molecule has 0 saturated heterocycles. The normalized spacial score (nSPS) is 13.9. The van der Waals surface area contributed by atoms with Gasteiger partial charge in [0.1, 0.15) is 42.2 Å². The number of alkyl carbamates (subject to hydrolysis) is 2. The monoisotopic (exact) mass is 1240 g/mol. The highest BCUT2D eigenvalue weighted by atomic mass is 28.4. The minimum atomic E-state index is -1.74. The van der Waals surface area contributed by atoms with Crippen LogP contribution in [0.5, 0.6) is 11.5 Å². The lowest BCUT2D eigenvalue weighted by Gasteiger charge is -2.36. The van der Waals surface area contributed by atoms with Crippen LogP contribution in [-0.2, 0) is 49.2 Å². The Morgan fingerprint density at radius 3 is 1.24 bits per heavy atom. The molecule has 0 aliphatic heterocycles. The van der Waals surface area contributed by atoms with Gasteiger partial charge in [-0.15, -0.1) is 0 Å². The van der Waals surface area contributed by atoms with Crippen LogP contribution >= 0.6 is 0 Å². The zero-order chi connectivity index (χ0) is 65.9. The van der Waals surface area contributed by atoms with Gasteiger partial charge in [0.05, 0.1) is 24.3 Å². The fourth-order valence-electron chi connectivity index (χ4n) is 8.10. The van der Waals surface area contributed by atoms with Gasteiger partial charge in [0.25, 0.3) is 0 Å². The summed E-state index contributed by atoms with van der Waals surface area (Å²) in [5, 5.41) is 30.9. The molecule has 0 spiro atoms. The van der Waals surface area contributed by atoms with Crippen molar-refractivity contribution in [2.75, 3.05) is 32.8 Å². The van der Waals surface area contributed by atoms with E-state index >= 15 is 0 Å². The summed E-state index contributed by atoms with van der Waals surface area (Å²) in [5.41, 5.74) is 8.31. The number of aliphatic hydroxyl groups excluding tert-OH is 2. The van der Waals surface area contributed by atoms with Gasteiger partial charge in [-0.1, -0.05) is 154 Å². The van der Waals surface area contributed by atoms with Gasteiger partial charge in [0.2, 0.25) is 0 Å². The van der Waals surface area contributed by atoms with Crippen molar-refractivity contribution in [3.8, 4) is 11.5 Å². The fourth-order valence-corrected chi connectivity index (χ4v) is 10.3. The molecule has 0 heterocycles. The van der Waals surface area contributed by atoms with Crippen LogP contribution in [0.25, 0.3) is 0 Å². The molecule has 87 heavy (non-hydrogen) atoms. The van der Waals surface area contributed by atoms with E-state index in [0.717, 1.165) is 85.5 Å². The summed E-state index contributed by atoms with van der Waals surface area (Å²) < 4.78 is 34.9. The number of benzene rings is 4. The van der Waals surface area contributed by atoms with E-state index in [1.165, 1.54) is 0 Å². The van der Waals surface area contributed by atoms with Crippen molar-refractivity contribution in [3.63, 3.8) is 0 Å². The highest BCUT2D eigenvalue weighted by Gasteiger charge is 2.38. The largest absolute Gasteiger partial charge is 0.489 e. The van der Waals surface area contributed by atoms with E-state index in [0.29, 0.717) is 32.6 Å². The van der Waals surface area contributed by atoms with Crippen molar-refractivity contribution in [2.24, 2.45) is 16.6 Å². The second-order valence-electron chi connectivity index (χ2n) is 29.4. The summed E-state index contributed by atoms with van der Waals surface area (Å²) in [5.74, 6) is 1.52. The third-order valence-electron chi connectivity index (χ3n) is 15.6. The van der Waals surface area contributed by atoms with Crippen LogP contribution in [0.2, 0.25) is 36.3 Å². The van der Waals surface area contributed by atoms with E-state index < -0.39 is 64.3 Å². The molecule has 0 radical (unpaired) electrons. The quantitative estimate of drug-likeness (QED) is 0.0163. The molecular weight excluding hydrogens is 1130 g/mol. The number of aldehydes is 1. The third kappa shape index (κ3) is 33.3. The zero-order valence-electron chi connectivity index (χ0n) is 57.1. The van der Waals surface area contributed by atoms with Gasteiger partial charge >= 0.3 is 12.2 Å². The van der Waals surface area contributed by atoms with E-state index in [1.807, 2.05) is 144 Å². The number of nitrogens with two attached hydrogens (primary N) is 1. The van der Waals surface area contributed by atoms with E-state index in [1.54, 1.807) is 20.8 Å². The van der Waals surface area contributed by atoms with Gasteiger partial charge in [-0.2, -0.15) is 0 Å². The lowest BCUT2D eigenvalue weighted by atomic mass is 9.88. The van der Waals surface area contributed by atoms with E-state index in [4.69, 9.17) is 33.5 Å². The highest BCUT2D eigenvalue weighted by molar-refractivity contribution is 6.74. The number of nitrogens with one attached hydrogen (secondary N) is 3. The number of rotatable bonds is 30. The number of amides is 2.